The highest BCUT2D eigenvalue weighted by Crippen LogP contribution is 2.52. The number of benzene rings is 1. The number of aryl methyl sites for hydroxylation is 1. The van der Waals surface area contributed by atoms with Crippen LogP contribution in [0, 0.1) is 13.8 Å². The highest BCUT2D eigenvalue weighted by atomic mass is 35.5. The maximum Gasteiger partial charge on any atom is 0.259 e. The van der Waals surface area contributed by atoms with Crippen molar-refractivity contribution in [3.05, 3.63) is 62.1 Å². The van der Waals surface area contributed by atoms with Crippen molar-refractivity contribution < 1.29 is 22.7 Å². The Morgan fingerprint density at radius 2 is 2.00 bits per heavy atom. The summed E-state index contributed by atoms with van der Waals surface area (Å²) in [5, 5.41) is 14.7. The largest absolute Gasteiger partial charge is 0.483 e. The molecule has 2 aromatic heterocycles. The molecule has 1 aromatic carbocycles. The highest BCUT2D eigenvalue weighted by molar-refractivity contribution is 7.89. The van der Waals surface area contributed by atoms with Crippen molar-refractivity contribution in [1.29, 1.82) is 0 Å². The molecule has 8 nitrogen and oxygen atoms in total. The zero-order chi connectivity index (χ0) is 24.1. The Morgan fingerprint density at radius 3 is 2.61 bits per heavy atom. The number of halogens is 1. The maximum atomic E-state index is 13.3. The third-order valence-electron chi connectivity index (χ3n) is 6.12. The molecule has 1 fully saturated rings. The minimum Gasteiger partial charge on any atom is -0.483 e. The number of sulfonamides is 1. The summed E-state index contributed by atoms with van der Waals surface area (Å²) in [6, 6.07) is 6.38. The Bertz CT molecular complexity index is 1410. The zero-order valence-corrected chi connectivity index (χ0v) is 20.1. The van der Waals surface area contributed by atoms with Gasteiger partial charge in [-0.25, -0.2) is 18.5 Å². The maximum absolute atomic E-state index is 13.3. The summed E-state index contributed by atoms with van der Waals surface area (Å²) in [5.41, 5.74) is 1.85. The predicted octanol–water partition coefficient (Wildman–Crippen LogP) is 3.66. The first-order chi connectivity index (χ1) is 15.5. The Labute approximate surface area is 196 Å². The van der Waals surface area contributed by atoms with Gasteiger partial charge in [0.1, 0.15) is 22.6 Å². The van der Waals surface area contributed by atoms with Crippen LogP contribution in [0.4, 0.5) is 0 Å². The minimum absolute atomic E-state index is 0.00135. The number of nitrogens with zero attached hydrogens (tertiary/aromatic N) is 1. The molecule has 0 bridgehead atoms. The van der Waals surface area contributed by atoms with E-state index in [-0.39, 0.29) is 28.4 Å². The molecule has 0 aliphatic heterocycles. The molecule has 1 unspecified atom stereocenters. The summed E-state index contributed by atoms with van der Waals surface area (Å²) < 4.78 is 36.3. The van der Waals surface area contributed by atoms with E-state index in [4.69, 9.17) is 25.9 Å². The van der Waals surface area contributed by atoms with Crippen LogP contribution in [0.2, 0.25) is 5.15 Å². The van der Waals surface area contributed by atoms with Crippen LogP contribution in [0.5, 0.6) is 5.75 Å². The lowest BCUT2D eigenvalue weighted by atomic mass is 9.93. The normalized spacial score (nSPS) is 16.1. The number of aliphatic hydroxyl groups excluding tert-OH is 1. The van der Waals surface area contributed by atoms with E-state index in [0.717, 1.165) is 18.4 Å². The third kappa shape index (κ3) is 4.38. The van der Waals surface area contributed by atoms with Crippen LogP contribution in [0.15, 0.2) is 38.5 Å². The molecular formula is C23H25ClN2O6S. The fourth-order valence-electron chi connectivity index (χ4n) is 4.28. The lowest BCUT2D eigenvalue weighted by Crippen LogP contribution is -2.19. The monoisotopic (exact) mass is 492 g/mol. The first-order valence-electron chi connectivity index (χ1n) is 10.5. The summed E-state index contributed by atoms with van der Waals surface area (Å²) in [6.45, 7) is 5.32. The molecule has 2 heterocycles. The number of aliphatic hydroxyl groups is 1. The van der Waals surface area contributed by atoms with Gasteiger partial charge in [0.2, 0.25) is 5.03 Å². The summed E-state index contributed by atoms with van der Waals surface area (Å²) in [7, 11) is -4.19. The molecule has 1 aliphatic rings. The van der Waals surface area contributed by atoms with Crippen LogP contribution in [-0.4, -0.2) is 25.1 Å². The molecule has 4 rings (SSSR count). The van der Waals surface area contributed by atoms with Crippen LogP contribution in [0.1, 0.15) is 54.7 Å². The SMILES string of the molecule is Cc1cc(C(C)Oc2ccc(Cl)nc2S(N)(=O)=O)c2oc(C3(CCO)CC3)c(C)c(=O)c2c1. The Balaban J connectivity index is 1.86. The van der Waals surface area contributed by atoms with Gasteiger partial charge in [0, 0.05) is 23.1 Å². The van der Waals surface area contributed by atoms with Crippen LogP contribution >= 0.6 is 11.6 Å². The predicted molar refractivity (Wildman–Crippen MR) is 124 cm³/mol. The highest BCUT2D eigenvalue weighted by Gasteiger charge is 2.47. The molecule has 0 saturated heterocycles. The molecule has 1 atom stereocenters. The van der Waals surface area contributed by atoms with Crippen LogP contribution in [0.25, 0.3) is 11.0 Å². The van der Waals surface area contributed by atoms with Crippen molar-refractivity contribution in [2.75, 3.05) is 6.61 Å². The lowest BCUT2D eigenvalue weighted by molar-refractivity contribution is 0.218. The van der Waals surface area contributed by atoms with Gasteiger partial charge in [0.25, 0.3) is 10.0 Å². The number of aromatic nitrogens is 1. The van der Waals surface area contributed by atoms with Gasteiger partial charge in [-0.05, 0) is 69.9 Å². The first-order valence-corrected chi connectivity index (χ1v) is 12.4. The van der Waals surface area contributed by atoms with Gasteiger partial charge in [-0.3, -0.25) is 4.79 Å². The van der Waals surface area contributed by atoms with Gasteiger partial charge in [-0.2, -0.15) is 0 Å². The number of pyridine rings is 1. The minimum atomic E-state index is -4.19. The molecule has 1 aliphatic carbocycles. The van der Waals surface area contributed by atoms with E-state index in [1.54, 1.807) is 19.9 Å². The van der Waals surface area contributed by atoms with Crippen molar-refractivity contribution in [2.45, 2.75) is 56.6 Å². The van der Waals surface area contributed by atoms with E-state index in [1.165, 1.54) is 12.1 Å². The average Bonchev–Trinajstić information content (AvgIpc) is 3.51. The van der Waals surface area contributed by atoms with Gasteiger partial charge >= 0.3 is 0 Å². The van der Waals surface area contributed by atoms with E-state index in [9.17, 15) is 18.3 Å². The molecule has 1 saturated carbocycles. The molecule has 176 valence electrons. The number of nitrogens with two attached hydrogens (primary N) is 1. The molecule has 3 N–H and O–H groups in total. The van der Waals surface area contributed by atoms with Gasteiger partial charge in [-0.1, -0.05) is 11.6 Å². The second-order valence-corrected chi connectivity index (χ2v) is 10.5. The van der Waals surface area contributed by atoms with E-state index in [0.29, 0.717) is 34.3 Å². The Morgan fingerprint density at radius 1 is 1.30 bits per heavy atom. The quantitative estimate of drug-likeness (QED) is 0.481. The van der Waals surface area contributed by atoms with E-state index in [1.807, 2.05) is 13.0 Å². The zero-order valence-electron chi connectivity index (χ0n) is 18.5. The molecular weight excluding hydrogens is 468 g/mol. The second kappa shape index (κ2) is 8.39. The van der Waals surface area contributed by atoms with E-state index < -0.39 is 21.2 Å². The second-order valence-electron chi connectivity index (χ2n) is 8.61. The van der Waals surface area contributed by atoms with Crippen molar-refractivity contribution in [1.82, 2.24) is 4.98 Å². The fourth-order valence-corrected chi connectivity index (χ4v) is 5.10. The first kappa shape index (κ1) is 23.7. The van der Waals surface area contributed by atoms with Crippen molar-refractivity contribution in [2.24, 2.45) is 5.14 Å². The summed E-state index contributed by atoms with van der Waals surface area (Å²) >= 11 is 5.85. The number of ether oxygens (including phenoxy) is 1. The van der Waals surface area contributed by atoms with Crippen LogP contribution in [-0.2, 0) is 15.4 Å². The summed E-state index contributed by atoms with van der Waals surface area (Å²) in [4.78, 5) is 17.1. The van der Waals surface area contributed by atoms with Gasteiger partial charge in [0.15, 0.2) is 11.2 Å². The van der Waals surface area contributed by atoms with Crippen molar-refractivity contribution >= 4 is 32.6 Å². The molecule has 0 radical (unpaired) electrons. The van der Waals surface area contributed by atoms with Crippen LogP contribution < -0.4 is 15.3 Å². The smallest absolute Gasteiger partial charge is 0.259 e. The number of hydrogen-bond acceptors (Lipinski definition) is 7. The molecule has 33 heavy (non-hydrogen) atoms. The lowest BCUT2D eigenvalue weighted by Gasteiger charge is -2.21. The number of hydrogen-bond donors (Lipinski definition) is 2. The van der Waals surface area contributed by atoms with E-state index in [2.05, 4.69) is 4.98 Å². The molecule has 3 aromatic rings. The van der Waals surface area contributed by atoms with Gasteiger partial charge in [-0.15, -0.1) is 0 Å². The number of fused-ring (bicyclic) bond motifs is 1. The molecule has 0 spiro atoms. The summed E-state index contributed by atoms with van der Waals surface area (Å²) in [6.07, 6.45) is 1.49. The Kier molecular flexibility index (Phi) is 6.03. The third-order valence-corrected chi connectivity index (χ3v) is 7.16. The Hall–Kier alpha value is -2.46. The topological polar surface area (TPSA) is 133 Å². The standard InChI is InChI=1S/C23H25ClN2O6S/c1-12-10-15(14(3)31-17-4-5-18(24)26-22(17)33(25,29)30)20-16(11-12)19(28)13(2)21(32-20)23(6-7-23)8-9-27/h4-5,10-11,14,27H,6-9H2,1-3H3,(H2,25,29,30). The van der Waals surface area contributed by atoms with Crippen LogP contribution in [0.3, 0.4) is 0 Å². The van der Waals surface area contributed by atoms with Gasteiger partial charge in [0.05, 0.1) is 5.39 Å². The average molecular weight is 493 g/mol. The van der Waals surface area contributed by atoms with Crippen molar-refractivity contribution in [3.8, 4) is 5.75 Å². The number of primary sulfonamides is 1. The molecule has 0 amide bonds. The number of rotatable bonds is 7. The van der Waals surface area contributed by atoms with Gasteiger partial charge < -0.3 is 14.3 Å². The van der Waals surface area contributed by atoms with Crippen molar-refractivity contribution in [3.63, 3.8) is 0 Å². The molecule has 10 heteroatoms. The fraction of sp³-hybridized carbons (Fsp3) is 0.391. The van der Waals surface area contributed by atoms with E-state index >= 15 is 0 Å². The summed E-state index contributed by atoms with van der Waals surface area (Å²) in [5.74, 6) is 0.530.